The number of nitrogens with one attached hydrogen (secondary N) is 1. The van der Waals surface area contributed by atoms with E-state index in [4.69, 9.17) is 4.74 Å². The molecule has 3 heteroatoms. The molecule has 2 N–H and O–H groups in total. The Morgan fingerprint density at radius 2 is 2.30 bits per heavy atom. The molecule has 2 fully saturated rings. The Kier molecular flexibility index (Phi) is 1.44. The van der Waals surface area contributed by atoms with Crippen LogP contribution in [0.4, 0.5) is 0 Å². The number of hydrogen-bond acceptors (Lipinski definition) is 3. The Morgan fingerprint density at radius 1 is 1.50 bits per heavy atom. The summed E-state index contributed by atoms with van der Waals surface area (Å²) in [6.07, 6.45) is 2.24. The maximum Gasteiger partial charge on any atom is 0.115 e. The average molecular weight is 143 g/mol. The van der Waals surface area contributed by atoms with Gasteiger partial charge in [0.2, 0.25) is 0 Å². The third kappa shape index (κ3) is 0.856. The minimum atomic E-state index is -0.531. The van der Waals surface area contributed by atoms with Crippen LogP contribution in [-0.2, 0) is 4.74 Å². The van der Waals surface area contributed by atoms with Gasteiger partial charge >= 0.3 is 0 Å². The summed E-state index contributed by atoms with van der Waals surface area (Å²) in [6, 6.07) is 0. The second-order valence-corrected chi connectivity index (χ2v) is 3.21. The Balaban J connectivity index is 1.96. The zero-order valence-electron chi connectivity index (χ0n) is 5.97. The van der Waals surface area contributed by atoms with E-state index >= 15 is 0 Å². The molecule has 2 rings (SSSR count). The van der Waals surface area contributed by atoms with Gasteiger partial charge in [0.25, 0.3) is 0 Å². The van der Waals surface area contributed by atoms with Crippen molar-refractivity contribution in [3.8, 4) is 0 Å². The predicted octanol–water partition coefficient (Wildman–Crippen LogP) is -0.500. The summed E-state index contributed by atoms with van der Waals surface area (Å²) in [4.78, 5) is 0. The molecular formula is C7H13NO2. The van der Waals surface area contributed by atoms with Crippen LogP contribution < -0.4 is 5.32 Å². The number of hydrogen-bond donors (Lipinski definition) is 2. The first-order chi connectivity index (χ1) is 4.81. The van der Waals surface area contributed by atoms with E-state index in [0.29, 0.717) is 13.1 Å². The molecule has 10 heavy (non-hydrogen) atoms. The maximum absolute atomic E-state index is 9.72. The zero-order valence-corrected chi connectivity index (χ0v) is 5.97. The van der Waals surface area contributed by atoms with Crippen LogP contribution in [0.3, 0.4) is 0 Å². The van der Waals surface area contributed by atoms with Crippen molar-refractivity contribution in [2.45, 2.75) is 24.5 Å². The lowest BCUT2D eigenvalue weighted by atomic mass is 9.89. The molecule has 0 spiro atoms. The molecule has 58 valence electrons. The third-order valence-corrected chi connectivity index (χ3v) is 2.39. The molecule has 0 aliphatic carbocycles. The van der Waals surface area contributed by atoms with E-state index in [2.05, 4.69) is 5.32 Å². The van der Waals surface area contributed by atoms with Crippen LogP contribution in [0.25, 0.3) is 0 Å². The molecule has 3 nitrogen and oxygen atoms in total. The van der Waals surface area contributed by atoms with E-state index in [1.54, 1.807) is 0 Å². The lowest BCUT2D eigenvalue weighted by Gasteiger charge is -2.41. The first-order valence-corrected chi connectivity index (χ1v) is 3.86. The normalized spacial score (nSPS) is 37.5. The number of β-amino-alcohol motifs (C(OH)–C–C–N with tert-alkyl or cyclic N) is 1. The Bertz CT molecular complexity index is 128. The summed E-state index contributed by atoms with van der Waals surface area (Å²) in [6.45, 7) is 2.24. The molecule has 1 atom stereocenters. The second kappa shape index (κ2) is 2.19. The molecule has 0 amide bonds. The monoisotopic (exact) mass is 143 g/mol. The Hall–Kier alpha value is -0.120. The van der Waals surface area contributed by atoms with Gasteiger partial charge in [-0.15, -0.1) is 0 Å². The molecule has 0 aromatic rings. The van der Waals surface area contributed by atoms with E-state index in [-0.39, 0.29) is 6.10 Å². The Morgan fingerprint density at radius 3 is 2.70 bits per heavy atom. The molecule has 2 saturated heterocycles. The van der Waals surface area contributed by atoms with Gasteiger partial charge in [-0.3, -0.25) is 0 Å². The molecular weight excluding hydrogens is 130 g/mol. The van der Waals surface area contributed by atoms with E-state index in [1.807, 2.05) is 0 Å². The summed E-state index contributed by atoms with van der Waals surface area (Å²) in [5.74, 6) is 0. The van der Waals surface area contributed by atoms with Gasteiger partial charge in [-0.2, -0.15) is 0 Å². The summed E-state index contributed by atoms with van der Waals surface area (Å²) in [5, 5.41) is 12.8. The highest BCUT2D eigenvalue weighted by Gasteiger charge is 2.44. The predicted molar refractivity (Wildman–Crippen MR) is 36.8 cm³/mol. The van der Waals surface area contributed by atoms with Gasteiger partial charge in [0.05, 0.1) is 6.10 Å². The molecule has 0 aromatic carbocycles. The first kappa shape index (κ1) is 6.58. The highest BCUT2D eigenvalue weighted by molar-refractivity contribution is 5.00. The number of ether oxygens (including phenoxy) is 1. The maximum atomic E-state index is 9.72. The summed E-state index contributed by atoms with van der Waals surface area (Å²) in [5.41, 5.74) is -0.531. The van der Waals surface area contributed by atoms with Crippen molar-refractivity contribution >= 4 is 0 Å². The Labute approximate surface area is 60.4 Å². The fourth-order valence-corrected chi connectivity index (χ4v) is 1.61. The molecule has 2 heterocycles. The smallest absolute Gasteiger partial charge is 0.115 e. The van der Waals surface area contributed by atoms with Crippen molar-refractivity contribution in [1.29, 1.82) is 0 Å². The van der Waals surface area contributed by atoms with Gasteiger partial charge in [0.1, 0.15) is 5.60 Å². The van der Waals surface area contributed by atoms with Gasteiger partial charge in [-0.1, -0.05) is 0 Å². The average Bonchev–Trinajstić information content (AvgIpc) is 2.33. The van der Waals surface area contributed by atoms with Crippen LogP contribution in [0.15, 0.2) is 0 Å². The lowest BCUT2D eigenvalue weighted by molar-refractivity contribution is -0.113. The van der Waals surface area contributed by atoms with Crippen molar-refractivity contribution in [1.82, 2.24) is 5.32 Å². The van der Waals surface area contributed by atoms with E-state index in [1.165, 1.54) is 0 Å². The van der Waals surface area contributed by atoms with Crippen LogP contribution >= 0.6 is 0 Å². The molecule has 0 bridgehead atoms. The van der Waals surface area contributed by atoms with Crippen molar-refractivity contribution in [3.05, 3.63) is 0 Å². The molecule has 0 saturated carbocycles. The van der Waals surface area contributed by atoms with Crippen LogP contribution in [-0.4, -0.2) is 36.5 Å². The third-order valence-electron chi connectivity index (χ3n) is 2.39. The summed E-state index contributed by atoms with van der Waals surface area (Å²) < 4.78 is 5.37. The van der Waals surface area contributed by atoms with Crippen molar-refractivity contribution < 1.29 is 9.84 Å². The van der Waals surface area contributed by atoms with Crippen LogP contribution in [0.5, 0.6) is 0 Å². The quantitative estimate of drug-likeness (QED) is 0.520. The van der Waals surface area contributed by atoms with Gasteiger partial charge in [0.15, 0.2) is 0 Å². The van der Waals surface area contributed by atoms with Crippen LogP contribution in [0.2, 0.25) is 0 Å². The van der Waals surface area contributed by atoms with E-state index in [0.717, 1.165) is 19.4 Å². The summed E-state index contributed by atoms with van der Waals surface area (Å²) in [7, 11) is 0. The van der Waals surface area contributed by atoms with E-state index in [9.17, 15) is 5.11 Å². The minimum Gasteiger partial charge on any atom is -0.384 e. The molecule has 2 aliphatic heterocycles. The molecule has 0 radical (unpaired) electrons. The summed E-state index contributed by atoms with van der Waals surface area (Å²) >= 11 is 0. The standard InChI is InChI=1S/C7H13NO2/c9-7(4-8-5-7)6-2-1-3-10-6/h6,8-9H,1-5H2. The van der Waals surface area contributed by atoms with Crippen molar-refractivity contribution in [3.63, 3.8) is 0 Å². The molecule has 0 aromatic heterocycles. The van der Waals surface area contributed by atoms with Crippen molar-refractivity contribution in [2.75, 3.05) is 19.7 Å². The highest BCUT2D eigenvalue weighted by atomic mass is 16.5. The van der Waals surface area contributed by atoms with Gasteiger partial charge in [-0.25, -0.2) is 0 Å². The van der Waals surface area contributed by atoms with Crippen LogP contribution in [0, 0.1) is 0 Å². The van der Waals surface area contributed by atoms with Gasteiger partial charge in [-0.05, 0) is 12.8 Å². The highest BCUT2D eigenvalue weighted by Crippen LogP contribution is 2.26. The topological polar surface area (TPSA) is 41.5 Å². The van der Waals surface area contributed by atoms with Gasteiger partial charge in [0, 0.05) is 19.7 Å². The van der Waals surface area contributed by atoms with Crippen LogP contribution in [0.1, 0.15) is 12.8 Å². The number of aliphatic hydroxyl groups is 1. The molecule has 1 unspecified atom stereocenters. The molecule has 2 aliphatic rings. The minimum absolute atomic E-state index is 0.105. The first-order valence-electron chi connectivity index (χ1n) is 3.86. The zero-order chi connectivity index (χ0) is 7.03. The van der Waals surface area contributed by atoms with Crippen molar-refractivity contribution in [2.24, 2.45) is 0 Å². The number of rotatable bonds is 1. The fourth-order valence-electron chi connectivity index (χ4n) is 1.61. The fraction of sp³-hybridized carbons (Fsp3) is 1.00. The van der Waals surface area contributed by atoms with E-state index < -0.39 is 5.60 Å². The SMILES string of the molecule is OC1(C2CCCO2)CNC1. The lowest BCUT2D eigenvalue weighted by Crippen LogP contribution is -2.65. The largest absolute Gasteiger partial charge is 0.384 e. The second-order valence-electron chi connectivity index (χ2n) is 3.21. The van der Waals surface area contributed by atoms with Gasteiger partial charge < -0.3 is 15.2 Å².